The predicted molar refractivity (Wildman–Crippen MR) is 84.8 cm³/mol. The van der Waals surface area contributed by atoms with Crippen molar-refractivity contribution >= 4 is 17.5 Å². The SMILES string of the molecule is CC(=O)c1ccc(NC(=O)NC[C@@H](O)c2ccc(F)cc2F)cc1. The lowest BCUT2D eigenvalue weighted by atomic mass is 10.1. The maximum Gasteiger partial charge on any atom is 0.319 e. The van der Waals surface area contributed by atoms with Crippen molar-refractivity contribution in [3.8, 4) is 0 Å². The molecule has 0 saturated heterocycles. The van der Waals surface area contributed by atoms with Crippen molar-refractivity contribution in [2.24, 2.45) is 0 Å². The van der Waals surface area contributed by atoms with Crippen LogP contribution in [0.3, 0.4) is 0 Å². The van der Waals surface area contributed by atoms with E-state index in [1.165, 1.54) is 6.92 Å². The first-order chi connectivity index (χ1) is 11.4. The first-order valence-electron chi connectivity index (χ1n) is 7.15. The number of carbonyl (C=O) groups is 2. The van der Waals surface area contributed by atoms with E-state index in [9.17, 15) is 23.5 Å². The van der Waals surface area contributed by atoms with E-state index in [1.807, 2.05) is 0 Å². The van der Waals surface area contributed by atoms with E-state index in [0.29, 0.717) is 17.3 Å². The Hall–Kier alpha value is -2.80. The molecule has 2 amide bonds. The van der Waals surface area contributed by atoms with Gasteiger partial charge in [0.1, 0.15) is 11.6 Å². The van der Waals surface area contributed by atoms with E-state index in [4.69, 9.17) is 0 Å². The van der Waals surface area contributed by atoms with Gasteiger partial charge in [-0.05, 0) is 37.3 Å². The minimum absolute atomic E-state index is 0.0875. The van der Waals surface area contributed by atoms with Crippen LogP contribution >= 0.6 is 0 Å². The second-order valence-electron chi connectivity index (χ2n) is 5.15. The van der Waals surface area contributed by atoms with Gasteiger partial charge in [-0.3, -0.25) is 4.79 Å². The minimum Gasteiger partial charge on any atom is -0.386 e. The molecule has 0 unspecified atom stereocenters. The van der Waals surface area contributed by atoms with Crippen molar-refractivity contribution < 1.29 is 23.5 Å². The molecule has 0 radical (unpaired) electrons. The van der Waals surface area contributed by atoms with Crippen LogP contribution in [-0.4, -0.2) is 23.5 Å². The Labute approximate surface area is 137 Å². The molecule has 2 aromatic rings. The maximum absolute atomic E-state index is 13.5. The number of aliphatic hydroxyl groups is 1. The van der Waals surface area contributed by atoms with Crippen LogP contribution in [0.4, 0.5) is 19.3 Å². The minimum atomic E-state index is -1.31. The van der Waals surface area contributed by atoms with Crippen molar-refractivity contribution in [1.82, 2.24) is 5.32 Å². The summed E-state index contributed by atoms with van der Waals surface area (Å²) in [4.78, 5) is 22.9. The third kappa shape index (κ3) is 4.60. The Bertz CT molecular complexity index is 748. The largest absolute Gasteiger partial charge is 0.386 e. The van der Waals surface area contributed by atoms with Crippen molar-refractivity contribution in [1.29, 1.82) is 0 Å². The molecule has 24 heavy (non-hydrogen) atoms. The summed E-state index contributed by atoms with van der Waals surface area (Å²) in [6, 6.07) is 8.47. The highest BCUT2D eigenvalue weighted by molar-refractivity contribution is 5.95. The van der Waals surface area contributed by atoms with Crippen LogP contribution in [0.1, 0.15) is 28.9 Å². The summed E-state index contributed by atoms with van der Waals surface area (Å²) >= 11 is 0. The molecular weight excluding hydrogens is 318 g/mol. The quantitative estimate of drug-likeness (QED) is 0.736. The number of hydrogen-bond donors (Lipinski definition) is 3. The summed E-state index contributed by atoms with van der Waals surface area (Å²) in [5, 5.41) is 14.8. The van der Waals surface area contributed by atoms with E-state index in [0.717, 1.165) is 12.1 Å². The predicted octanol–water partition coefficient (Wildman–Crippen LogP) is 3.02. The fraction of sp³-hybridized carbons (Fsp3) is 0.176. The Morgan fingerprint density at radius 2 is 1.79 bits per heavy atom. The first kappa shape index (κ1) is 17.6. The summed E-state index contributed by atoms with van der Waals surface area (Å²) < 4.78 is 26.3. The number of aliphatic hydroxyl groups excluding tert-OH is 1. The van der Waals surface area contributed by atoms with Crippen molar-refractivity contribution in [3.63, 3.8) is 0 Å². The first-order valence-corrected chi connectivity index (χ1v) is 7.15. The van der Waals surface area contributed by atoms with Crippen LogP contribution in [-0.2, 0) is 0 Å². The monoisotopic (exact) mass is 334 g/mol. The highest BCUT2D eigenvalue weighted by Crippen LogP contribution is 2.17. The van der Waals surface area contributed by atoms with Gasteiger partial charge in [0, 0.05) is 29.4 Å². The number of amides is 2. The van der Waals surface area contributed by atoms with Crippen molar-refractivity contribution in [2.45, 2.75) is 13.0 Å². The normalized spacial score (nSPS) is 11.7. The third-order valence-electron chi connectivity index (χ3n) is 3.33. The van der Waals surface area contributed by atoms with Crippen LogP contribution in [0.25, 0.3) is 0 Å². The number of ketones is 1. The molecule has 5 nitrogen and oxygen atoms in total. The molecule has 0 aromatic heterocycles. The zero-order valence-corrected chi connectivity index (χ0v) is 12.8. The molecule has 0 aliphatic carbocycles. The van der Waals surface area contributed by atoms with E-state index >= 15 is 0 Å². The van der Waals surface area contributed by atoms with Gasteiger partial charge in [-0.25, -0.2) is 13.6 Å². The number of carbonyl (C=O) groups excluding carboxylic acids is 2. The highest BCUT2D eigenvalue weighted by Gasteiger charge is 2.14. The van der Waals surface area contributed by atoms with Gasteiger partial charge >= 0.3 is 6.03 Å². The molecule has 126 valence electrons. The summed E-state index contributed by atoms with van der Waals surface area (Å²) in [6.45, 7) is 1.19. The van der Waals surface area contributed by atoms with Crippen molar-refractivity contribution in [3.05, 3.63) is 65.2 Å². The highest BCUT2D eigenvalue weighted by atomic mass is 19.1. The van der Waals surface area contributed by atoms with Crippen LogP contribution in [0.15, 0.2) is 42.5 Å². The molecule has 0 aliphatic heterocycles. The standard InChI is InChI=1S/C17H16F2N2O3/c1-10(22)11-2-5-13(6-3-11)21-17(24)20-9-16(23)14-7-4-12(18)8-15(14)19/h2-8,16,23H,9H2,1H3,(H2,20,21,24)/t16-/m1/s1. The second-order valence-corrected chi connectivity index (χ2v) is 5.15. The fourth-order valence-corrected chi connectivity index (χ4v) is 2.03. The lowest BCUT2D eigenvalue weighted by Gasteiger charge is -2.14. The van der Waals surface area contributed by atoms with Gasteiger partial charge < -0.3 is 15.7 Å². The van der Waals surface area contributed by atoms with E-state index in [1.54, 1.807) is 24.3 Å². The van der Waals surface area contributed by atoms with Gasteiger partial charge in [0.25, 0.3) is 0 Å². The molecule has 0 heterocycles. The summed E-state index contributed by atoms with van der Waals surface area (Å²) in [5.74, 6) is -1.72. The van der Waals surface area contributed by atoms with Crippen LogP contribution in [0.2, 0.25) is 0 Å². The van der Waals surface area contributed by atoms with Crippen LogP contribution < -0.4 is 10.6 Å². The van der Waals surface area contributed by atoms with Crippen LogP contribution in [0, 0.1) is 11.6 Å². The molecule has 0 saturated carbocycles. The summed E-state index contributed by atoms with van der Waals surface area (Å²) in [7, 11) is 0. The molecule has 0 bridgehead atoms. The molecular formula is C17H16F2N2O3. The van der Waals surface area contributed by atoms with E-state index in [2.05, 4.69) is 10.6 Å². The molecule has 2 aromatic carbocycles. The van der Waals surface area contributed by atoms with E-state index in [-0.39, 0.29) is 17.9 Å². The number of Topliss-reactive ketones (excluding diaryl/α,β-unsaturated/α-hetero) is 1. The Morgan fingerprint density at radius 1 is 1.12 bits per heavy atom. The number of rotatable bonds is 5. The number of halogens is 2. The second kappa shape index (κ2) is 7.65. The van der Waals surface area contributed by atoms with Gasteiger partial charge in [-0.2, -0.15) is 0 Å². The van der Waals surface area contributed by atoms with Gasteiger partial charge in [-0.15, -0.1) is 0 Å². The number of hydrogen-bond acceptors (Lipinski definition) is 3. The van der Waals surface area contributed by atoms with Crippen LogP contribution in [0.5, 0.6) is 0 Å². The Kier molecular flexibility index (Phi) is 5.59. The number of anilines is 1. The average Bonchev–Trinajstić information content (AvgIpc) is 2.53. The molecule has 0 fully saturated rings. The fourth-order valence-electron chi connectivity index (χ4n) is 2.03. The van der Waals surface area contributed by atoms with E-state index < -0.39 is 23.8 Å². The number of nitrogens with one attached hydrogen (secondary N) is 2. The summed E-state index contributed by atoms with van der Waals surface area (Å²) in [6.07, 6.45) is -1.31. The van der Waals surface area contributed by atoms with Gasteiger partial charge in [0.15, 0.2) is 5.78 Å². The van der Waals surface area contributed by atoms with Gasteiger partial charge in [0.2, 0.25) is 0 Å². The molecule has 2 rings (SSSR count). The van der Waals surface area contributed by atoms with Crippen molar-refractivity contribution in [2.75, 3.05) is 11.9 Å². The third-order valence-corrected chi connectivity index (χ3v) is 3.33. The molecule has 3 N–H and O–H groups in total. The smallest absolute Gasteiger partial charge is 0.319 e. The zero-order valence-electron chi connectivity index (χ0n) is 12.8. The molecule has 0 spiro atoms. The maximum atomic E-state index is 13.5. The zero-order chi connectivity index (χ0) is 17.7. The Morgan fingerprint density at radius 3 is 2.38 bits per heavy atom. The Balaban J connectivity index is 1.89. The molecule has 1 atom stereocenters. The molecule has 0 aliphatic rings. The molecule has 7 heteroatoms. The topological polar surface area (TPSA) is 78.4 Å². The van der Waals surface area contributed by atoms with Gasteiger partial charge in [0.05, 0.1) is 6.10 Å². The lowest BCUT2D eigenvalue weighted by Crippen LogP contribution is -2.32. The van der Waals surface area contributed by atoms with Gasteiger partial charge in [-0.1, -0.05) is 6.07 Å². The lowest BCUT2D eigenvalue weighted by molar-refractivity contribution is 0.101. The number of benzene rings is 2. The average molecular weight is 334 g/mol. The number of urea groups is 1. The summed E-state index contributed by atoms with van der Waals surface area (Å²) in [5.41, 5.74) is 0.866.